The monoisotopic (exact) mass is 424 g/mol. The Balaban J connectivity index is 1.18. The molecule has 20 aliphatic rings. The van der Waals surface area contributed by atoms with Gasteiger partial charge in [0.15, 0.2) is 0 Å². The van der Waals surface area contributed by atoms with Gasteiger partial charge in [-0.2, -0.15) is 0 Å². The number of rotatable bonds is 3. The van der Waals surface area contributed by atoms with Crippen molar-refractivity contribution in [3.8, 4) is 0 Å². The maximum absolute atomic E-state index is 3.13. The molecule has 8 atom stereocenters. The standard InChI is InChI=1S/C14H14.2C5H5.2Fe/c1-2-7-14(12-8-3-4-9-12)13-10-5-6-11-13;2*1-2-4-5-3-1;;/h3-11H,2H2,1H3;2*1-5H;;. The topological polar surface area (TPSA) is 0 Å². The van der Waals surface area contributed by atoms with Crippen molar-refractivity contribution < 1.29 is 13.0 Å². The molecule has 8 unspecified atom stereocenters. The summed E-state index contributed by atoms with van der Waals surface area (Å²) in [5.74, 6) is 0. The first-order valence-corrected chi connectivity index (χ1v) is 25.0. The second-order valence-electron chi connectivity index (χ2n) is 20.4. The van der Waals surface area contributed by atoms with Crippen LogP contribution >= 0.6 is 0 Å². The first kappa shape index (κ1) is 8.49. The second kappa shape index (κ2) is 0.605. The Morgan fingerprint density at radius 1 is 0.577 bits per heavy atom. The summed E-state index contributed by atoms with van der Waals surface area (Å²) in [6, 6.07) is 0. The van der Waals surface area contributed by atoms with Crippen LogP contribution in [0.4, 0.5) is 0 Å². The molecule has 20 heterocycles. The van der Waals surface area contributed by atoms with Gasteiger partial charge in [-0.25, -0.2) is 0 Å². The van der Waals surface area contributed by atoms with Crippen molar-refractivity contribution >= 4 is 0 Å². The molecule has 0 aromatic rings. The molecule has 0 aromatic carbocycles. The summed E-state index contributed by atoms with van der Waals surface area (Å²) in [6.07, 6.45) is 4.58. The van der Waals surface area contributed by atoms with Gasteiger partial charge in [0.25, 0.3) is 0 Å². The van der Waals surface area contributed by atoms with E-state index in [0.717, 1.165) is 0 Å². The molecule has 0 radical (unpaired) electrons. The Kier molecular flexibility index (Phi) is 0.198. The average Bonchev–Trinajstić information content (AvgIpc) is 3.54. The third-order valence-electron chi connectivity index (χ3n) is 30.6. The van der Waals surface area contributed by atoms with Gasteiger partial charge >= 0.3 is 133 Å². The zero-order valence-corrected chi connectivity index (χ0v) is 17.1. The molecule has 0 aliphatic carbocycles. The zero-order valence-electron chi connectivity index (χ0n) is 14.9. The van der Waals surface area contributed by atoms with Gasteiger partial charge in [-0.15, -0.1) is 0 Å². The van der Waals surface area contributed by atoms with Crippen LogP contribution in [0.25, 0.3) is 0 Å². The van der Waals surface area contributed by atoms with Gasteiger partial charge in [0.05, 0.1) is 0 Å². The summed E-state index contributed by atoms with van der Waals surface area (Å²) in [5, 5.41) is 0. The molecule has 0 nitrogen and oxygen atoms in total. The predicted octanol–water partition coefficient (Wildman–Crippen LogP) is 7.84. The van der Waals surface area contributed by atoms with E-state index in [2.05, 4.69) is 18.6 Å². The van der Waals surface area contributed by atoms with E-state index in [4.69, 9.17) is 0 Å². The molecule has 20 saturated heterocycles. The normalized spacial score (nSPS) is 153. The third-order valence-corrected chi connectivity index (χ3v) is 115. The van der Waals surface area contributed by atoms with Crippen LogP contribution in [0.2, 0.25) is 95.3 Å². The van der Waals surface area contributed by atoms with E-state index in [0.29, 0.717) is 0 Å². The van der Waals surface area contributed by atoms with Gasteiger partial charge < -0.3 is 0 Å². The van der Waals surface area contributed by atoms with Gasteiger partial charge in [0.2, 0.25) is 0 Å². The third kappa shape index (κ3) is 0.0718. The molecule has 136 valence electrons. The molecule has 20 rings (SSSR count). The van der Waals surface area contributed by atoms with Crippen LogP contribution in [0.5, 0.6) is 0 Å². The SMILES string of the molecule is CCC=C([C]12[CH]3[CH]4[CH]5[CH]1[Fe]45321678[CH]2[CH]1[CH]6[CH]7[CH]28)[C]12[CH]3[CH]4[CH]5[CH]1[Fe]45321678[CH]2[CH]1[CH]6[CH]7[CH]28. The molecule has 26 heavy (non-hydrogen) atoms. The van der Waals surface area contributed by atoms with Crippen LogP contribution in [-0.4, -0.2) is 0 Å². The van der Waals surface area contributed by atoms with Crippen LogP contribution < -0.4 is 0 Å². The Bertz CT molecular complexity index is 1800. The molecule has 0 amide bonds. The molecule has 20 aliphatic heterocycles. The van der Waals surface area contributed by atoms with Crippen molar-refractivity contribution in [2.75, 3.05) is 0 Å². The Morgan fingerprint density at radius 3 is 1.04 bits per heavy atom. The van der Waals surface area contributed by atoms with Crippen molar-refractivity contribution in [3.63, 3.8) is 0 Å². The number of hydrogen-bond donors (Lipinski definition) is 0. The van der Waals surface area contributed by atoms with Crippen molar-refractivity contribution in [2.45, 2.75) is 109 Å². The molecule has 0 N–H and O–H groups in total. The Morgan fingerprint density at radius 2 is 0.885 bits per heavy atom. The average molecular weight is 424 g/mol. The van der Waals surface area contributed by atoms with Crippen molar-refractivity contribution in [2.24, 2.45) is 0 Å². The predicted molar refractivity (Wildman–Crippen MR) is 91.3 cm³/mol. The van der Waals surface area contributed by atoms with Crippen molar-refractivity contribution in [3.05, 3.63) is 11.6 Å². The summed E-state index contributed by atoms with van der Waals surface area (Å²) in [4.78, 5) is 28.2. The van der Waals surface area contributed by atoms with E-state index in [1.54, 1.807) is 86.7 Å². The fourth-order valence-electron chi connectivity index (χ4n) is 34.7. The zero-order chi connectivity index (χ0) is 15.0. The quantitative estimate of drug-likeness (QED) is 0.320. The fourth-order valence-corrected chi connectivity index (χ4v) is 183. The molecule has 2 heteroatoms. The van der Waals surface area contributed by atoms with Crippen molar-refractivity contribution in [1.82, 2.24) is 0 Å². The number of fused-ring (bicyclic) bond motifs is 20. The van der Waals surface area contributed by atoms with E-state index in [1.165, 1.54) is 15.0 Å². The summed E-state index contributed by atoms with van der Waals surface area (Å²) in [7, 11) is 0. The molecule has 0 saturated carbocycles. The van der Waals surface area contributed by atoms with Crippen LogP contribution in [0.1, 0.15) is 13.3 Å². The van der Waals surface area contributed by atoms with Crippen LogP contribution in [-0.2, 0) is 13.0 Å². The van der Waals surface area contributed by atoms with Gasteiger partial charge in [0, 0.05) is 0 Å². The Hall–Kier alpha value is 0.779. The maximum atomic E-state index is 3.13. The number of hydrogen-bond acceptors (Lipinski definition) is 0. The molecule has 2 spiro atoms. The minimum atomic E-state index is -2.96. The fraction of sp³-hybridized carbons (Fsp3) is 0.917. The summed E-state index contributed by atoms with van der Waals surface area (Å²) in [5.41, 5.74) is 2.53. The van der Waals surface area contributed by atoms with Gasteiger partial charge in [0.1, 0.15) is 0 Å². The second-order valence-corrected chi connectivity index (χ2v) is 67.5. The molecular weight excluding hydrogens is 400 g/mol. The first-order valence-electron chi connectivity index (χ1n) is 12.4. The van der Waals surface area contributed by atoms with E-state index >= 15 is 0 Å². The van der Waals surface area contributed by atoms with E-state index < -0.39 is 13.0 Å². The summed E-state index contributed by atoms with van der Waals surface area (Å²) < 4.78 is 2.35. The number of allylic oxidation sites excluding steroid dienone is 2. The molecule has 0 aromatic heterocycles. The molecule has 20 fully saturated rings. The van der Waals surface area contributed by atoms with Gasteiger partial charge in [-0.3, -0.25) is 0 Å². The van der Waals surface area contributed by atoms with Crippen LogP contribution in [0.15, 0.2) is 11.6 Å². The summed E-state index contributed by atoms with van der Waals surface area (Å²) in [6.45, 7) is -3.35. The van der Waals surface area contributed by atoms with Crippen molar-refractivity contribution in [1.29, 1.82) is 0 Å². The van der Waals surface area contributed by atoms with E-state index in [-0.39, 0.29) is 0 Å². The first-order chi connectivity index (χ1) is 12.3. The molecule has 0 bridgehead atoms. The van der Waals surface area contributed by atoms with Gasteiger partial charge in [-0.05, 0) is 0 Å². The van der Waals surface area contributed by atoms with E-state index in [1.807, 2.05) is 0 Å². The van der Waals surface area contributed by atoms with Crippen LogP contribution in [0.3, 0.4) is 0 Å². The van der Waals surface area contributed by atoms with Crippen LogP contribution in [0, 0.1) is 0 Å². The van der Waals surface area contributed by atoms with E-state index in [9.17, 15) is 0 Å². The Labute approximate surface area is 132 Å². The summed E-state index contributed by atoms with van der Waals surface area (Å²) >= 11 is 0. The minimum absolute atomic E-state index is 1.17. The van der Waals surface area contributed by atoms with Gasteiger partial charge in [-0.1, -0.05) is 0 Å². The molecular formula is C24H24Fe2.